The normalized spacial score (nSPS) is 22.3. The second-order valence-electron chi connectivity index (χ2n) is 7.09. The van der Waals surface area contributed by atoms with E-state index >= 15 is 0 Å². The van der Waals surface area contributed by atoms with E-state index < -0.39 is 17.7 Å². The molecule has 3 rings (SSSR count). The summed E-state index contributed by atoms with van der Waals surface area (Å²) in [6, 6.07) is 5.48. The number of pyridine rings is 1. The minimum atomic E-state index is -4.38. The number of carboxylic acids is 1. The van der Waals surface area contributed by atoms with Crippen LogP contribution in [0.1, 0.15) is 56.1 Å². The molecule has 1 aliphatic carbocycles. The highest BCUT2D eigenvalue weighted by Gasteiger charge is 2.33. The van der Waals surface area contributed by atoms with Crippen molar-refractivity contribution >= 4 is 16.9 Å². The topological polar surface area (TPSA) is 50.2 Å². The van der Waals surface area contributed by atoms with Crippen molar-refractivity contribution < 1.29 is 23.1 Å². The summed E-state index contributed by atoms with van der Waals surface area (Å²) in [5, 5.41) is 9.89. The second-order valence-corrected chi connectivity index (χ2v) is 7.09. The largest absolute Gasteiger partial charge is 0.481 e. The average molecular weight is 365 g/mol. The van der Waals surface area contributed by atoms with Gasteiger partial charge in [-0.25, -0.2) is 0 Å². The quantitative estimate of drug-likeness (QED) is 0.763. The summed E-state index contributed by atoms with van der Waals surface area (Å²) < 4.78 is 39.2. The minimum Gasteiger partial charge on any atom is -0.481 e. The SMILES string of the molecule is CCC(C(=O)O)C1CCC(c2ccnc3ccc(C(F)(F)F)cc23)CC1. The molecule has 3 nitrogen and oxygen atoms in total. The Kier molecular flexibility index (Phi) is 5.21. The van der Waals surface area contributed by atoms with Crippen LogP contribution in [-0.2, 0) is 11.0 Å². The van der Waals surface area contributed by atoms with Crippen molar-refractivity contribution in [2.75, 3.05) is 0 Å². The van der Waals surface area contributed by atoms with E-state index in [0.29, 0.717) is 17.3 Å². The zero-order chi connectivity index (χ0) is 18.9. The fourth-order valence-electron chi connectivity index (χ4n) is 4.24. The smallest absolute Gasteiger partial charge is 0.416 e. The Morgan fingerprint density at radius 3 is 2.50 bits per heavy atom. The molecule has 2 aromatic rings. The summed E-state index contributed by atoms with van der Waals surface area (Å²) >= 11 is 0. The Labute approximate surface area is 150 Å². The number of alkyl halides is 3. The van der Waals surface area contributed by atoms with Crippen molar-refractivity contribution in [2.45, 2.75) is 51.1 Å². The molecule has 140 valence electrons. The van der Waals surface area contributed by atoms with Crippen LogP contribution in [-0.4, -0.2) is 16.1 Å². The van der Waals surface area contributed by atoms with Crippen LogP contribution in [0.5, 0.6) is 0 Å². The maximum atomic E-state index is 13.1. The highest BCUT2D eigenvalue weighted by molar-refractivity contribution is 5.83. The lowest BCUT2D eigenvalue weighted by molar-refractivity contribution is -0.144. The fourth-order valence-corrected chi connectivity index (χ4v) is 4.24. The molecule has 1 aliphatic rings. The lowest BCUT2D eigenvalue weighted by Crippen LogP contribution is -2.26. The van der Waals surface area contributed by atoms with Crippen molar-refractivity contribution in [1.82, 2.24) is 4.98 Å². The predicted octanol–water partition coefficient (Wildman–Crippen LogP) is 5.64. The molecule has 0 saturated heterocycles. The van der Waals surface area contributed by atoms with Crippen molar-refractivity contribution in [3.05, 3.63) is 41.6 Å². The van der Waals surface area contributed by atoms with Crippen molar-refractivity contribution in [3.63, 3.8) is 0 Å². The van der Waals surface area contributed by atoms with E-state index in [2.05, 4.69) is 4.98 Å². The number of halogens is 3. The fraction of sp³-hybridized carbons (Fsp3) is 0.500. The maximum absolute atomic E-state index is 13.1. The number of fused-ring (bicyclic) bond motifs is 1. The van der Waals surface area contributed by atoms with Gasteiger partial charge in [0, 0.05) is 11.6 Å². The van der Waals surface area contributed by atoms with Crippen LogP contribution in [0.3, 0.4) is 0 Å². The summed E-state index contributed by atoms with van der Waals surface area (Å²) in [4.78, 5) is 15.6. The molecule has 1 fully saturated rings. The molecule has 0 amide bonds. The molecule has 1 heterocycles. The molecule has 0 spiro atoms. The number of carboxylic acid groups (broad SMARTS) is 1. The Hall–Kier alpha value is -2.11. The maximum Gasteiger partial charge on any atom is 0.416 e. The molecular weight excluding hydrogens is 343 g/mol. The number of benzene rings is 1. The summed E-state index contributed by atoms with van der Waals surface area (Å²) in [5.74, 6) is -0.791. The van der Waals surface area contributed by atoms with Crippen LogP contribution in [0.25, 0.3) is 10.9 Å². The van der Waals surface area contributed by atoms with Gasteiger partial charge in [-0.05, 0) is 73.8 Å². The zero-order valence-corrected chi connectivity index (χ0v) is 14.6. The van der Waals surface area contributed by atoms with Crippen molar-refractivity contribution in [1.29, 1.82) is 0 Å². The Balaban J connectivity index is 1.86. The molecule has 1 unspecified atom stereocenters. The van der Waals surface area contributed by atoms with E-state index in [1.54, 1.807) is 6.20 Å². The van der Waals surface area contributed by atoms with Crippen molar-refractivity contribution in [2.24, 2.45) is 11.8 Å². The van der Waals surface area contributed by atoms with Crippen LogP contribution < -0.4 is 0 Å². The van der Waals surface area contributed by atoms with E-state index in [-0.39, 0.29) is 17.8 Å². The first-order valence-corrected chi connectivity index (χ1v) is 9.00. The third-order valence-corrected chi connectivity index (χ3v) is 5.64. The number of aliphatic carboxylic acids is 1. The molecule has 0 bridgehead atoms. The van der Waals surface area contributed by atoms with Crippen LogP contribution in [0.4, 0.5) is 13.2 Å². The molecule has 1 aromatic heterocycles. The van der Waals surface area contributed by atoms with Gasteiger partial charge in [0.15, 0.2) is 0 Å². The molecular formula is C20H22F3NO2. The number of aromatic nitrogens is 1. The predicted molar refractivity (Wildman–Crippen MR) is 92.9 cm³/mol. The van der Waals surface area contributed by atoms with E-state index in [9.17, 15) is 23.1 Å². The van der Waals surface area contributed by atoms with Gasteiger partial charge in [0.25, 0.3) is 0 Å². The Bertz CT molecular complexity index is 795. The van der Waals surface area contributed by atoms with Gasteiger partial charge in [-0.15, -0.1) is 0 Å². The lowest BCUT2D eigenvalue weighted by Gasteiger charge is -2.32. The Morgan fingerprint density at radius 1 is 1.23 bits per heavy atom. The first-order valence-electron chi connectivity index (χ1n) is 9.00. The summed E-state index contributed by atoms with van der Waals surface area (Å²) in [7, 11) is 0. The van der Waals surface area contributed by atoms with Crippen LogP contribution in [0, 0.1) is 11.8 Å². The van der Waals surface area contributed by atoms with Crippen molar-refractivity contribution in [3.8, 4) is 0 Å². The van der Waals surface area contributed by atoms with Crippen LogP contribution >= 0.6 is 0 Å². The number of hydrogen-bond donors (Lipinski definition) is 1. The number of hydrogen-bond acceptors (Lipinski definition) is 2. The van der Waals surface area contributed by atoms with E-state index in [1.165, 1.54) is 12.1 Å². The van der Waals surface area contributed by atoms with Gasteiger partial charge in [0.05, 0.1) is 17.0 Å². The summed E-state index contributed by atoms with van der Waals surface area (Å²) in [6.45, 7) is 1.89. The zero-order valence-electron chi connectivity index (χ0n) is 14.6. The molecule has 1 atom stereocenters. The van der Waals surface area contributed by atoms with Gasteiger partial charge in [0.1, 0.15) is 0 Å². The number of rotatable bonds is 4. The molecule has 1 saturated carbocycles. The van der Waals surface area contributed by atoms with Gasteiger partial charge in [-0.2, -0.15) is 13.2 Å². The second kappa shape index (κ2) is 7.25. The molecule has 6 heteroatoms. The van der Waals surface area contributed by atoms with Gasteiger partial charge >= 0.3 is 12.1 Å². The molecule has 26 heavy (non-hydrogen) atoms. The third kappa shape index (κ3) is 3.69. The highest BCUT2D eigenvalue weighted by Crippen LogP contribution is 2.42. The van der Waals surface area contributed by atoms with Crippen LogP contribution in [0.15, 0.2) is 30.5 Å². The first-order chi connectivity index (χ1) is 12.3. The van der Waals surface area contributed by atoms with Gasteiger partial charge in [0.2, 0.25) is 0 Å². The monoisotopic (exact) mass is 365 g/mol. The first kappa shape index (κ1) is 18.7. The van der Waals surface area contributed by atoms with Crippen LogP contribution in [0.2, 0.25) is 0 Å². The molecule has 1 aromatic carbocycles. The molecule has 0 aliphatic heterocycles. The number of nitrogens with zero attached hydrogens (tertiary/aromatic N) is 1. The average Bonchev–Trinajstić information content (AvgIpc) is 2.61. The standard InChI is InChI=1S/C20H22F3NO2/c1-2-15(19(25)26)12-3-5-13(6-4-12)16-9-10-24-18-8-7-14(11-17(16)18)20(21,22)23/h7-13,15H,2-6H2,1H3,(H,25,26). The number of carbonyl (C=O) groups is 1. The lowest BCUT2D eigenvalue weighted by atomic mass is 9.72. The van der Waals surface area contributed by atoms with E-state index in [0.717, 1.165) is 37.3 Å². The third-order valence-electron chi connectivity index (χ3n) is 5.64. The summed E-state index contributed by atoms with van der Waals surface area (Å²) in [5.41, 5.74) is 0.794. The minimum absolute atomic E-state index is 0.145. The summed E-state index contributed by atoms with van der Waals surface area (Å²) in [6.07, 6.45) is 1.04. The molecule has 1 N–H and O–H groups in total. The van der Waals surface area contributed by atoms with Gasteiger partial charge in [-0.1, -0.05) is 6.92 Å². The Morgan fingerprint density at radius 2 is 1.92 bits per heavy atom. The van der Waals surface area contributed by atoms with Gasteiger partial charge < -0.3 is 5.11 Å². The highest BCUT2D eigenvalue weighted by atomic mass is 19.4. The van der Waals surface area contributed by atoms with E-state index in [1.807, 2.05) is 13.0 Å². The van der Waals surface area contributed by atoms with E-state index in [4.69, 9.17) is 0 Å². The molecule has 0 radical (unpaired) electrons. The van der Waals surface area contributed by atoms with Gasteiger partial charge in [-0.3, -0.25) is 9.78 Å².